The molecule has 0 unspecified atom stereocenters. The fourth-order valence-electron chi connectivity index (χ4n) is 2.47. The smallest absolute Gasteiger partial charge is 0.0694 e. The van der Waals surface area contributed by atoms with E-state index in [0.717, 1.165) is 63.1 Å². The number of hydrogen-bond acceptors (Lipinski definition) is 4. The molecule has 1 aliphatic heterocycles. The van der Waals surface area contributed by atoms with Crippen LogP contribution < -0.4 is 16.0 Å². The third kappa shape index (κ3) is 4.75. The second-order valence-corrected chi connectivity index (χ2v) is 5.28. The minimum absolute atomic E-state index is 0.0345. The van der Waals surface area contributed by atoms with Crippen molar-refractivity contribution < 1.29 is 5.11 Å². The average molecular weight is 287 g/mol. The van der Waals surface area contributed by atoms with Gasteiger partial charge < -0.3 is 21.1 Å². The molecule has 2 rings (SSSR count). The zero-order valence-electron chi connectivity index (χ0n) is 12.6. The standard InChI is InChI=1S/C17H25N3O/c18-8-4-2-1-3-5-15-6-7-17(13-16(15)14-21)20-11-9-19-10-12-20/h6-7,13,19,21H,1-2,4,8-12,14,18H2. The van der Waals surface area contributed by atoms with Crippen LogP contribution in [0.25, 0.3) is 0 Å². The largest absolute Gasteiger partial charge is 0.392 e. The average Bonchev–Trinajstić information content (AvgIpc) is 2.55. The number of anilines is 1. The minimum Gasteiger partial charge on any atom is -0.392 e. The van der Waals surface area contributed by atoms with Crippen molar-refractivity contribution in [1.29, 1.82) is 0 Å². The molecule has 0 spiro atoms. The number of nitrogens with two attached hydrogens (primary N) is 1. The molecule has 0 atom stereocenters. The topological polar surface area (TPSA) is 61.5 Å². The van der Waals surface area contributed by atoms with E-state index in [1.165, 1.54) is 5.69 Å². The lowest BCUT2D eigenvalue weighted by molar-refractivity contribution is 0.281. The van der Waals surface area contributed by atoms with Gasteiger partial charge in [-0.25, -0.2) is 0 Å². The van der Waals surface area contributed by atoms with Gasteiger partial charge in [0.05, 0.1) is 6.61 Å². The maximum Gasteiger partial charge on any atom is 0.0694 e. The first-order chi connectivity index (χ1) is 10.3. The summed E-state index contributed by atoms with van der Waals surface area (Å²) in [6.45, 7) is 4.80. The summed E-state index contributed by atoms with van der Waals surface area (Å²) in [5, 5.41) is 12.9. The van der Waals surface area contributed by atoms with Gasteiger partial charge in [0.1, 0.15) is 0 Å². The molecular formula is C17H25N3O. The van der Waals surface area contributed by atoms with E-state index in [0.29, 0.717) is 0 Å². The van der Waals surface area contributed by atoms with Gasteiger partial charge in [0, 0.05) is 43.9 Å². The van der Waals surface area contributed by atoms with Crippen molar-refractivity contribution in [1.82, 2.24) is 5.32 Å². The maximum atomic E-state index is 9.57. The molecule has 1 heterocycles. The molecule has 4 N–H and O–H groups in total. The zero-order chi connectivity index (χ0) is 14.9. The Morgan fingerprint density at radius 1 is 1.24 bits per heavy atom. The second-order valence-electron chi connectivity index (χ2n) is 5.28. The van der Waals surface area contributed by atoms with Crippen LogP contribution in [-0.2, 0) is 6.61 Å². The predicted octanol–water partition coefficient (Wildman–Crippen LogP) is 1.07. The molecular weight excluding hydrogens is 262 g/mol. The summed E-state index contributed by atoms with van der Waals surface area (Å²) in [7, 11) is 0. The van der Waals surface area contributed by atoms with Crippen molar-refractivity contribution in [2.24, 2.45) is 5.73 Å². The summed E-state index contributed by atoms with van der Waals surface area (Å²) >= 11 is 0. The van der Waals surface area contributed by atoms with Gasteiger partial charge in [-0.05, 0) is 43.1 Å². The highest BCUT2D eigenvalue weighted by molar-refractivity contribution is 5.55. The fourth-order valence-corrected chi connectivity index (χ4v) is 2.47. The van der Waals surface area contributed by atoms with Gasteiger partial charge in [-0.3, -0.25) is 0 Å². The molecule has 4 heteroatoms. The van der Waals surface area contributed by atoms with E-state index in [2.05, 4.69) is 34.2 Å². The van der Waals surface area contributed by atoms with Gasteiger partial charge in [0.2, 0.25) is 0 Å². The van der Waals surface area contributed by atoms with Crippen molar-refractivity contribution in [3.8, 4) is 11.8 Å². The molecule has 0 bridgehead atoms. The summed E-state index contributed by atoms with van der Waals surface area (Å²) in [4.78, 5) is 2.34. The van der Waals surface area contributed by atoms with Gasteiger partial charge in [0.25, 0.3) is 0 Å². The molecule has 114 valence electrons. The van der Waals surface area contributed by atoms with Crippen LogP contribution in [0.3, 0.4) is 0 Å². The van der Waals surface area contributed by atoms with Crippen molar-refractivity contribution >= 4 is 5.69 Å². The van der Waals surface area contributed by atoms with Gasteiger partial charge in [0.15, 0.2) is 0 Å². The molecule has 1 fully saturated rings. The normalized spacial score (nSPS) is 14.7. The highest BCUT2D eigenvalue weighted by Gasteiger charge is 2.11. The molecule has 0 aromatic heterocycles. The summed E-state index contributed by atoms with van der Waals surface area (Å²) in [5.74, 6) is 6.34. The summed E-state index contributed by atoms with van der Waals surface area (Å²) in [6, 6.07) is 6.20. The molecule has 1 aliphatic rings. The van der Waals surface area contributed by atoms with Gasteiger partial charge in [-0.2, -0.15) is 0 Å². The van der Waals surface area contributed by atoms with Gasteiger partial charge >= 0.3 is 0 Å². The molecule has 4 nitrogen and oxygen atoms in total. The predicted molar refractivity (Wildman–Crippen MR) is 87.2 cm³/mol. The third-order valence-corrected chi connectivity index (χ3v) is 3.72. The maximum absolute atomic E-state index is 9.57. The molecule has 0 saturated carbocycles. The Morgan fingerprint density at radius 3 is 2.76 bits per heavy atom. The van der Waals surface area contributed by atoms with E-state index >= 15 is 0 Å². The molecule has 21 heavy (non-hydrogen) atoms. The Labute approximate surface area is 127 Å². The van der Waals surface area contributed by atoms with Crippen LogP contribution in [-0.4, -0.2) is 37.8 Å². The first-order valence-electron chi connectivity index (χ1n) is 7.73. The van der Waals surface area contributed by atoms with Crippen LogP contribution in [0.4, 0.5) is 5.69 Å². The number of nitrogens with one attached hydrogen (secondary N) is 1. The molecule has 1 aromatic carbocycles. The van der Waals surface area contributed by atoms with Gasteiger partial charge in [-0.1, -0.05) is 11.8 Å². The van der Waals surface area contributed by atoms with Crippen LogP contribution >= 0.6 is 0 Å². The van der Waals surface area contributed by atoms with Crippen LogP contribution in [0.15, 0.2) is 18.2 Å². The number of benzene rings is 1. The van der Waals surface area contributed by atoms with Crippen LogP contribution in [0.1, 0.15) is 30.4 Å². The lowest BCUT2D eigenvalue weighted by atomic mass is 10.1. The van der Waals surface area contributed by atoms with Crippen LogP contribution in [0.2, 0.25) is 0 Å². The lowest BCUT2D eigenvalue weighted by Gasteiger charge is -2.29. The number of unbranched alkanes of at least 4 members (excludes halogenated alkanes) is 2. The van der Waals surface area contributed by atoms with E-state index < -0.39 is 0 Å². The Morgan fingerprint density at radius 2 is 2.05 bits per heavy atom. The second kappa shape index (κ2) is 8.68. The molecule has 0 aliphatic carbocycles. The van der Waals surface area contributed by atoms with Crippen molar-refractivity contribution in [2.75, 3.05) is 37.6 Å². The highest BCUT2D eigenvalue weighted by atomic mass is 16.3. The first kappa shape index (κ1) is 15.8. The Balaban J connectivity index is 2.05. The zero-order valence-corrected chi connectivity index (χ0v) is 12.6. The van der Waals surface area contributed by atoms with Crippen LogP contribution in [0.5, 0.6) is 0 Å². The molecule has 1 aromatic rings. The molecule has 0 radical (unpaired) electrons. The van der Waals surface area contributed by atoms with E-state index in [1.807, 2.05) is 6.07 Å². The SMILES string of the molecule is NCCCCC#Cc1ccc(N2CCNCC2)cc1CO. The highest BCUT2D eigenvalue weighted by Crippen LogP contribution is 2.20. The van der Waals surface area contributed by atoms with E-state index in [4.69, 9.17) is 5.73 Å². The van der Waals surface area contributed by atoms with Gasteiger partial charge in [-0.15, -0.1) is 0 Å². The Bertz CT molecular complexity index is 498. The van der Waals surface area contributed by atoms with E-state index in [-0.39, 0.29) is 6.61 Å². The first-order valence-corrected chi connectivity index (χ1v) is 7.73. The lowest BCUT2D eigenvalue weighted by Crippen LogP contribution is -2.43. The number of aliphatic hydroxyl groups is 1. The van der Waals surface area contributed by atoms with Crippen LogP contribution in [0, 0.1) is 11.8 Å². The van der Waals surface area contributed by atoms with E-state index in [1.54, 1.807) is 0 Å². The van der Waals surface area contributed by atoms with Crippen molar-refractivity contribution in [3.63, 3.8) is 0 Å². The number of piperazine rings is 1. The Kier molecular flexibility index (Phi) is 6.55. The minimum atomic E-state index is 0.0345. The monoisotopic (exact) mass is 287 g/mol. The summed E-state index contributed by atoms with van der Waals surface area (Å²) in [6.07, 6.45) is 2.92. The molecule has 1 saturated heterocycles. The number of aliphatic hydroxyl groups excluding tert-OH is 1. The van der Waals surface area contributed by atoms with Crippen molar-refractivity contribution in [2.45, 2.75) is 25.9 Å². The summed E-state index contributed by atoms with van der Waals surface area (Å²) in [5.41, 5.74) is 8.49. The number of hydrogen-bond donors (Lipinski definition) is 3. The van der Waals surface area contributed by atoms with Crippen molar-refractivity contribution in [3.05, 3.63) is 29.3 Å². The number of rotatable bonds is 5. The number of nitrogens with zero attached hydrogens (tertiary/aromatic N) is 1. The third-order valence-electron chi connectivity index (χ3n) is 3.72. The molecule has 0 amide bonds. The van der Waals surface area contributed by atoms with E-state index in [9.17, 15) is 5.11 Å². The Hall–Kier alpha value is -1.54. The fraction of sp³-hybridized carbons (Fsp3) is 0.529. The summed E-state index contributed by atoms with van der Waals surface area (Å²) < 4.78 is 0. The quantitative estimate of drug-likeness (QED) is 0.560.